The first-order chi connectivity index (χ1) is 12.7. The van der Waals surface area contributed by atoms with E-state index in [0.29, 0.717) is 6.54 Å². The van der Waals surface area contributed by atoms with E-state index in [4.69, 9.17) is 26.1 Å². The lowest BCUT2D eigenvalue weighted by atomic mass is 9.93. The van der Waals surface area contributed by atoms with Crippen molar-refractivity contribution in [1.82, 2.24) is 10.1 Å². The maximum atomic E-state index is 6.28. The number of fused-ring (bicyclic) bond motifs is 4. The molecular formula is C20H17ClN4O. The maximum Gasteiger partial charge on any atom is 0.166 e. The number of hydrogen-bond acceptors (Lipinski definition) is 5. The van der Waals surface area contributed by atoms with Gasteiger partial charge < -0.3 is 9.42 Å². The second-order valence-corrected chi connectivity index (χ2v) is 7.04. The first-order valence-electron chi connectivity index (χ1n) is 8.70. The molecule has 0 unspecified atom stereocenters. The van der Waals surface area contributed by atoms with E-state index in [1.807, 2.05) is 31.3 Å². The van der Waals surface area contributed by atoms with Crippen molar-refractivity contribution in [2.24, 2.45) is 4.99 Å². The molecule has 0 spiro atoms. The minimum atomic E-state index is 0.466. The Balaban J connectivity index is 1.89. The van der Waals surface area contributed by atoms with Gasteiger partial charge >= 0.3 is 0 Å². The molecular weight excluding hydrogens is 348 g/mol. The zero-order valence-corrected chi connectivity index (χ0v) is 15.3. The number of nitrogens with zero attached hydrogens (tertiary/aromatic N) is 4. The van der Waals surface area contributed by atoms with Crippen LogP contribution in [0.3, 0.4) is 0 Å². The third-order valence-corrected chi connectivity index (χ3v) is 5.35. The van der Waals surface area contributed by atoms with Gasteiger partial charge in [0.05, 0.1) is 22.5 Å². The van der Waals surface area contributed by atoms with Gasteiger partial charge in [0.15, 0.2) is 5.76 Å². The van der Waals surface area contributed by atoms with Gasteiger partial charge in [-0.3, -0.25) is 4.99 Å². The highest BCUT2D eigenvalue weighted by Crippen LogP contribution is 2.41. The number of anilines is 1. The molecule has 0 aliphatic carbocycles. The fraction of sp³-hybridized carbons (Fsp3) is 0.250. The van der Waals surface area contributed by atoms with Crippen LogP contribution >= 0.6 is 11.6 Å². The molecule has 0 radical (unpaired) electrons. The van der Waals surface area contributed by atoms with Crippen molar-refractivity contribution in [2.75, 3.05) is 11.4 Å². The van der Waals surface area contributed by atoms with Crippen LogP contribution in [0.2, 0.25) is 5.02 Å². The lowest BCUT2D eigenvalue weighted by Crippen LogP contribution is -2.23. The Bertz CT molecular complexity index is 1070. The van der Waals surface area contributed by atoms with E-state index in [0.717, 1.165) is 68.9 Å². The molecule has 0 bridgehead atoms. The Morgan fingerprint density at radius 1 is 1.19 bits per heavy atom. The predicted molar refractivity (Wildman–Crippen MR) is 102 cm³/mol. The molecule has 3 aromatic rings. The van der Waals surface area contributed by atoms with E-state index in [2.05, 4.69) is 23.0 Å². The summed E-state index contributed by atoms with van der Waals surface area (Å²) >= 11 is 6.28. The zero-order chi connectivity index (χ0) is 17.8. The van der Waals surface area contributed by atoms with Crippen LogP contribution in [-0.4, -0.2) is 22.4 Å². The molecule has 2 aliphatic rings. The molecule has 2 aliphatic heterocycles. The maximum absolute atomic E-state index is 6.28. The predicted octanol–water partition coefficient (Wildman–Crippen LogP) is 4.39. The Morgan fingerprint density at radius 3 is 2.92 bits per heavy atom. The molecule has 0 saturated heterocycles. The Morgan fingerprint density at radius 2 is 2.08 bits per heavy atom. The lowest BCUT2D eigenvalue weighted by molar-refractivity contribution is 0.382. The summed E-state index contributed by atoms with van der Waals surface area (Å²) in [7, 11) is 0. The van der Waals surface area contributed by atoms with Gasteiger partial charge in [-0.15, -0.1) is 0 Å². The van der Waals surface area contributed by atoms with Crippen molar-refractivity contribution in [1.29, 1.82) is 0 Å². The zero-order valence-electron chi connectivity index (χ0n) is 14.6. The summed E-state index contributed by atoms with van der Waals surface area (Å²) in [6.07, 6.45) is 1.86. The van der Waals surface area contributed by atoms with Crippen LogP contribution in [0.25, 0.3) is 11.1 Å². The number of aryl methyl sites for hydroxylation is 1. The molecule has 5 nitrogen and oxygen atoms in total. The second kappa shape index (κ2) is 5.68. The van der Waals surface area contributed by atoms with Gasteiger partial charge in [0.25, 0.3) is 0 Å². The van der Waals surface area contributed by atoms with E-state index in [1.54, 1.807) is 0 Å². The minimum absolute atomic E-state index is 0.466. The second-order valence-electron chi connectivity index (χ2n) is 6.60. The van der Waals surface area contributed by atoms with E-state index < -0.39 is 0 Å². The van der Waals surface area contributed by atoms with Gasteiger partial charge in [-0.25, -0.2) is 4.98 Å². The molecule has 0 N–H and O–H groups in total. The van der Waals surface area contributed by atoms with Gasteiger partial charge in [-0.1, -0.05) is 22.8 Å². The van der Waals surface area contributed by atoms with Crippen molar-refractivity contribution in [3.63, 3.8) is 0 Å². The SMILES string of the molecule is CCN1Cc2cc(Cl)ccc2C2=NCc3onc(C)c3-c3ccnc1c32. The Hall–Kier alpha value is -2.66. The first kappa shape index (κ1) is 15.6. The number of aromatic nitrogens is 2. The third kappa shape index (κ3) is 2.13. The monoisotopic (exact) mass is 364 g/mol. The van der Waals surface area contributed by atoms with Crippen molar-refractivity contribution in [2.45, 2.75) is 26.9 Å². The van der Waals surface area contributed by atoms with E-state index in [-0.39, 0.29) is 0 Å². The average Bonchev–Trinajstić information content (AvgIpc) is 2.85. The summed E-state index contributed by atoms with van der Waals surface area (Å²) in [5, 5.41) is 4.90. The quantitative estimate of drug-likeness (QED) is 0.642. The molecule has 2 aromatic heterocycles. The van der Waals surface area contributed by atoms with E-state index in [9.17, 15) is 0 Å². The van der Waals surface area contributed by atoms with Crippen molar-refractivity contribution in [3.05, 3.63) is 63.6 Å². The summed E-state index contributed by atoms with van der Waals surface area (Å²) in [6.45, 7) is 6.18. The van der Waals surface area contributed by atoms with Crippen LogP contribution in [0.15, 0.2) is 40.0 Å². The third-order valence-electron chi connectivity index (χ3n) is 5.12. The van der Waals surface area contributed by atoms with Crippen LogP contribution in [0.1, 0.15) is 35.1 Å². The van der Waals surface area contributed by atoms with E-state index in [1.165, 1.54) is 0 Å². The number of rotatable bonds is 1. The van der Waals surface area contributed by atoms with E-state index >= 15 is 0 Å². The smallest absolute Gasteiger partial charge is 0.166 e. The van der Waals surface area contributed by atoms with Gasteiger partial charge in [0.2, 0.25) is 0 Å². The number of aliphatic imine (C=N–C) groups is 1. The summed E-state index contributed by atoms with van der Waals surface area (Å²) in [5.74, 6) is 1.75. The summed E-state index contributed by atoms with van der Waals surface area (Å²) in [6, 6.07) is 8.06. The molecule has 0 atom stereocenters. The van der Waals surface area contributed by atoms with Crippen molar-refractivity contribution < 1.29 is 4.52 Å². The molecule has 0 fully saturated rings. The van der Waals surface area contributed by atoms with Gasteiger partial charge in [-0.2, -0.15) is 0 Å². The Kier molecular flexibility index (Phi) is 3.40. The highest BCUT2D eigenvalue weighted by atomic mass is 35.5. The topological polar surface area (TPSA) is 54.5 Å². The van der Waals surface area contributed by atoms with Crippen molar-refractivity contribution in [3.8, 4) is 11.1 Å². The minimum Gasteiger partial charge on any atom is -0.358 e. The highest BCUT2D eigenvalue weighted by Gasteiger charge is 2.31. The lowest BCUT2D eigenvalue weighted by Gasteiger charge is -2.23. The Labute approximate surface area is 156 Å². The van der Waals surface area contributed by atoms with Gasteiger partial charge in [0, 0.05) is 35.4 Å². The molecule has 0 amide bonds. The normalized spacial score (nSPS) is 14.7. The highest BCUT2D eigenvalue weighted by molar-refractivity contribution is 6.31. The van der Waals surface area contributed by atoms with Crippen LogP contribution in [-0.2, 0) is 13.1 Å². The van der Waals surface area contributed by atoms with Crippen molar-refractivity contribution >= 4 is 23.1 Å². The molecule has 1 aromatic carbocycles. The van der Waals surface area contributed by atoms with Gasteiger partial charge in [-0.05, 0) is 37.6 Å². The van der Waals surface area contributed by atoms with Crippen LogP contribution in [0.5, 0.6) is 0 Å². The molecule has 6 heteroatoms. The fourth-order valence-electron chi connectivity index (χ4n) is 3.92. The molecule has 5 rings (SSSR count). The molecule has 26 heavy (non-hydrogen) atoms. The molecule has 130 valence electrons. The molecule has 4 heterocycles. The van der Waals surface area contributed by atoms with Crippen LogP contribution in [0.4, 0.5) is 5.82 Å². The largest absolute Gasteiger partial charge is 0.358 e. The number of benzene rings is 1. The van der Waals surface area contributed by atoms with Crippen LogP contribution < -0.4 is 4.90 Å². The first-order valence-corrected chi connectivity index (χ1v) is 9.08. The fourth-order valence-corrected chi connectivity index (χ4v) is 4.11. The molecule has 0 saturated carbocycles. The van der Waals surface area contributed by atoms with Gasteiger partial charge in [0.1, 0.15) is 12.4 Å². The van der Waals surface area contributed by atoms with Crippen LogP contribution in [0, 0.1) is 6.92 Å². The number of pyridine rings is 1. The standard InChI is InChI=1S/C20H17ClN4O/c1-3-25-10-12-8-13(21)4-5-14(12)19-18-15(6-7-22-20(18)25)17-11(2)24-26-16(17)9-23-19/h4-8H,3,9-10H2,1-2H3. The summed E-state index contributed by atoms with van der Waals surface area (Å²) in [5.41, 5.74) is 7.29. The number of hydrogen-bond donors (Lipinski definition) is 0. The summed E-state index contributed by atoms with van der Waals surface area (Å²) < 4.78 is 5.56. The average molecular weight is 365 g/mol. The summed E-state index contributed by atoms with van der Waals surface area (Å²) in [4.78, 5) is 11.9. The number of halogens is 1.